The molecule has 7 nitrogen and oxygen atoms in total. The quantitative estimate of drug-likeness (QED) is 0.323. The summed E-state index contributed by atoms with van der Waals surface area (Å²) in [5, 5.41) is 9.04. The average Bonchev–Trinajstić information content (AvgIpc) is 3.14. The zero-order chi connectivity index (χ0) is 17.2. The van der Waals surface area contributed by atoms with Crippen molar-refractivity contribution in [2.75, 3.05) is 33.9 Å². The number of ether oxygens (including phenoxy) is 2. The van der Waals surface area contributed by atoms with E-state index in [4.69, 9.17) is 9.47 Å². The normalized spacial score (nSPS) is 16.7. The van der Waals surface area contributed by atoms with Gasteiger partial charge in [0, 0.05) is 26.7 Å². The van der Waals surface area contributed by atoms with E-state index in [1.807, 2.05) is 24.3 Å². The second-order valence-electron chi connectivity index (χ2n) is 5.57. The Hall–Kier alpha value is -1.55. The molecule has 3 N–H and O–H groups in total. The fourth-order valence-electron chi connectivity index (χ4n) is 2.41. The lowest BCUT2D eigenvalue weighted by Gasteiger charge is -2.15. The number of hydrogen-bond donors (Lipinski definition) is 3. The Labute approximate surface area is 166 Å². The molecule has 1 aromatic carbocycles. The van der Waals surface area contributed by atoms with Gasteiger partial charge in [0.2, 0.25) is 5.91 Å². The molecule has 140 valence electrons. The highest BCUT2D eigenvalue weighted by Crippen LogP contribution is 2.11. The number of guanidine groups is 1. The van der Waals surface area contributed by atoms with Crippen LogP contribution < -0.4 is 20.7 Å². The Morgan fingerprint density at radius 1 is 1.28 bits per heavy atom. The molecule has 0 radical (unpaired) electrons. The number of aliphatic imine (C=N–C) groups is 1. The average molecular weight is 462 g/mol. The van der Waals surface area contributed by atoms with Gasteiger partial charge in [-0.3, -0.25) is 9.79 Å². The van der Waals surface area contributed by atoms with Gasteiger partial charge < -0.3 is 25.4 Å². The summed E-state index contributed by atoms with van der Waals surface area (Å²) in [6, 6.07) is 7.59. The predicted molar refractivity (Wildman–Crippen MR) is 109 cm³/mol. The molecule has 1 amide bonds. The summed E-state index contributed by atoms with van der Waals surface area (Å²) in [5.74, 6) is 1.31. The van der Waals surface area contributed by atoms with Gasteiger partial charge in [0.15, 0.2) is 5.96 Å². The van der Waals surface area contributed by atoms with Crippen molar-refractivity contribution in [2.24, 2.45) is 4.99 Å². The number of nitrogens with zero attached hydrogens (tertiary/aromatic N) is 1. The Morgan fingerprint density at radius 2 is 2.04 bits per heavy atom. The van der Waals surface area contributed by atoms with Crippen molar-refractivity contribution < 1.29 is 14.3 Å². The molecule has 2 rings (SSSR count). The van der Waals surface area contributed by atoms with Gasteiger partial charge in [-0.15, -0.1) is 24.0 Å². The van der Waals surface area contributed by atoms with E-state index in [-0.39, 0.29) is 42.5 Å². The molecule has 0 aliphatic carbocycles. The van der Waals surface area contributed by atoms with Gasteiger partial charge in [0.1, 0.15) is 5.75 Å². The third-order valence-corrected chi connectivity index (χ3v) is 3.81. The smallest absolute Gasteiger partial charge is 0.239 e. The zero-order valence-corrected chi connectivity index (χ0v) is 17.0. The van der Waals surface area contributed by atoms with Crippen molar-refractivity contribution in [3.8, 4) is 5.75 Å². The van der Waals surface area contributed by atoms with Crippen molar-refractivity contribution in [1.29, 1.82) is 0 Å². The maximum absolute atomic E-state index is 11.9. The molecular weight excluding hydrogens is 435 g/mol. The highest BCUT2D eigenvalue weighted by molar-refractivity contribution is 14.0. The fraction of sp³-hybridized carbons (Fsp3) is 0.529. The molecule has 1 heterocycles. The maximum Gasteiger partial charge on any atom is 0.239 e. The second kappa shape index (κ2) is 11.9. The Bertz CT molecular complexity index is 545. The molecule has 0 spiro atoms. The molecule has 25 heavy (non-hydrogen) atoms. The van der Waals surface area contributed by atoms with Crippen LogP contribution in [0.1, 0.15) is 18.4 Å². The molecule has 0 bridgehead atoms. The Kier molecular flexibility index (Phi) is 10.2. The van der Waals surface area contributed by atoms with Gasteiger partial charge >= 0.3 is 0 Å². The molecular formula is C17H27IN4O3. The molecule has 0 saturated carbocycles. The lowest BCUT2D eigenvalue weighted by Crippen LogP contribution is -2.45. The number of methoxy groups -OCH3 is 1. The van der Waals surface area contributed by atoms with Gasteiger partial charge in [0.25, 0.3) is 0 Å². The first-order valence-corrected chi connectivity index (χ1v) is 8.17. The van der Waals surface area contributed by atoms with Crippen molar-refractivity contribution in [1.82, 2.24) is 16.0 Å². The summed E-state index contributed by atoms with van der Waals surface area (Å²) >= 11 is 0. The lowest BCUT2D eigenvalue weighted by atomic mass is 10.2. The molecule has 0 aromatic heterocycles. The van der Waals surface area contributed by atoms with E-state index in [0.29, 0.717) is 19.0 Å². The first-order chi connectivity index (χ1) is 11.7. The van der Waals surface area contributed by atoms with Crippen LogP contribution in [-0.2, 0) is 16.1 Å². The third kappa shape index (κ3) is 7.91. The van der Waals surface area contributed by atoms with Crippen molar-refractivity contribution >= 4 is 35.8 Å². The van der Waals surface area contributed by atoms with Crippen LogP contribution in [-0.4, -0.2) is 51.8 Å². The first kappa shape index (κ1) is 21.5. The van der Waals surface area contributed by atoms with Gasteiger partial charge in [-0.05, 0) is 30.5 Å². The highest BCUT2D eigenvalue weighted by atomic mass is 127. The molecule has 1 fully saturated rings. The van der Waals surface area contributed by atoms with Gasteiger partial charge in [-0.25, -0.2) is 0 Å². The van der Waals surface area contributed by atoms with E-state index in [1.54, 1.807) is 14.2 Å². The molecule has 8 heteroatoms. The minimum absolute atomic E-state index is 0. The summed E-state index contributed by atoms with van der Waals surface area (Å²) in [6.07, 6.45) is 2.39. The lowest BCUT2D eigenvalue weighted by molar-refractivity contribution is -0.120. The zero-order valence-electron chi connectivity index (χ0n) is 14.7. The van der Waals surface area contributed by atoms with Crippen LogP contribution in [0.2, 0.25) is 0 Å². The summed E-state index contributed by atoms with van der Waals surface area (Å²) < 4.78 is 10.6. The minimum Gasteiger partial charge on any atom is -0.497 e. The summed E-state index contributed by atoms with van der Waals surface area (Å²) in [4.78, 5) is 16.0. The van der Waals surface area contributed by atoms with E-state index in [0.717, 1.165) is 30.8 Å². The van der Waals surface area contributed by atoms with E-state index in [9.17, 15) is 4.79 Å². The van der Waals surface area contributed by atoms with Crippen LogP contribution in [0.5, 0.6) is 5.75 Å². The van der Waals surface area contributed by atoms with Crippen LogP contribution in [0.15, 0.2) is 29.3 Å². The number of benzene rings is 1. The first-order valence-electron chi connectivity index (χ1n) is 8.17. The maximum atomic E-state index is 11.9. The van der Waals surface area contributed by atoms with Crippen LogP contribution in [0, 0.1) is 0 Å². The van der Waals surface area contributed by atoms with Crippen LogP contribution >= 0.6 is 24.0 Å². The molecule has 1 saturated heterocycles. The third-order valence-electron chi connectivity index (χ3n) is 3.81. The number of hydrogen-bond acceptors (Lipinski definition) is 4. The molecule has 1 aliphatic heterocycles. The van der Waals surface area contributed by atoms with Crippen LogP contribution in [0.25, 0.3) is 0 Å². The molecule has 1 aromatic rings. The number of halogens is 1. The van der Waals surface area contributed by atoms with E-state index in [1.165, 1.54) is 0 Å². The monoisotopic (exact) mass is 462 g/mol. The van der Waals surface area contributed by atoms with E-state index in [2.05, 4.69) is 20.9 Å². The van der Waals surface area contributed by atoms with Gasteiger partial charge in [0.05, 0.1) is 19.8 Å². The standard InChI is InChI=1S/C17H26N4O3.HI/c1-18-17(20-11-15-4-3-9-24-15)21-12-16(22)19-10-13-5-7-14(23-2)8-6-13;/h5-8,15H,3-4,9-12H2,1-2H3,(H,19,22)(H2,18,20,21);1H. The van der Waals surface area contributed by atoms with Gasteiger partial charge in [-0.1, -0.05) is 12.1 Å². The molecule has 1 unspecified atom stereocenters. The fourth-order valence-corrected chi connectivity index (χ4v) is 2.41. The van der Waals surface area contributed by atoms with Crippen molar-refractivity contribution in [2.45, 2.75) is 25.5 Å². The SMILES string of the molecule is CN=C(NCC(=O)NCc1ccc(OC)cc1)NCC1CCCO1.I. The minimum atomic E-state index is -0.0918. The van der Waals surface area contributed by atoms with Crippen LogP contribution in [0.3, 0.4) is 0 Å². The van der Waals surface area contributed by atoms with Crippen molar-refractivity contribution in [3.63, 3.8) is 0 Å². The summed E-state index contributed by atoms with van der Waals surface area (Å²) in [6.45, 7) is 2.17. The summed E-state index contributed by atoms with van der Waals surface area (Å²) in [5.41, 5.74) is 1.02. The Morgan fingerprint density at radius 3 is 2.64 bits per heavy atom. The van der Waals surface area contributed by atoms with Crippen LogP contribution in [0.4, 0.5) is 0 Å². The number of rotatable bonds is 7. The largest absolute Gasteiger partial charge is 0.497 e. The summed E-state index contributed by atoms with van der Waals surface area (Å²) in [7, 11) is 3.31. The van der Waals surface area contributed by atoms with Crippen molar-refractivity contribution in [3.05, 3.63) is 29.8 Å². The van der Waals surface area contributed by atoms with Gasteiger partial charge in [-0.2, -0.15) is 0 Å². The predicted octanol–water partition coefficient (Wildman–Crippen LogP) is 1.27. The molecule has 1 atom stereocenters. The molecule has 1 aliphatic rings. The van der Waals surface area contributed by atoms with E-state index >= 15 is 0 Å². The number of nitrogens with one attached hydrogen (secondary N) is 3. The van der Waals surface area contributed by atoms with E-state index < -0.39 is 0 Å². The highest BCUT2D eigenvalue weighted by Gasteiger charge is 2.15. The number of carbonyl (C=O) groups excluding carboxylic acids is 1. The Balaban J connectivity index is 0.00000312. The second-order valence-corrected chi connectivity index (χ2v) is 5.57. The number of carbonyl (C=O) groups is 1. The number of amides is 1. The topological polar surface area (TPSA) is 84.0 Å².